The molecule has 0 radical (unpaired) electrons. The van der Waals surface area contributed by atoms with Crippen molar-refractivity contribution in [1.29, 1.82) is 0 Å². The van der Waals surface area contributed by atoms with Crippen molar-refractivity contribution in [2.24, 2.45) is 0 Å². The number of aromatic nitrogens is 1. The van der Waals surface area contributed by atoms with Gasteiger partial charge in [0.15, 0.2) is 0 Å². The van der Waals surface area contributed by atoms with Gasteiger partial charge in [-0.05, 0) is 44.2 Å². The molecular formula is C19H26N2. The van der Waals surface area contributed by atoms with Gasteiger partial charge in [-0.25, -0.2) is 0 Å². The van der Waals surface area contributed by atoms with Crippen LogP contribution in [0.4, 0.5) is 5.69 Å². The summed E-state index contributed by atoms with van der Waals surface area (Å²) in [4.78, 5) is 7.44. The minimum absolute atomic E-state index is 1.11. The lowest BCUT2D eigenvalue weighted by Gasteiger charge is -2.30. The Bertz CT molecular complexity index is 585. The zero-order valence-corrected chi connectivity index (χ0v) is 13.1. The molecule has 1 aliphatic heterocycles. The van der Waals surface area contributed by atoms with Crippen molar-refractivity contribution < 1.29 is 0 Å². The molecule has 1 saturated heterocycles. The summed E-state index contributed by atoms with van der Waals surface area (Å²) in [6, 6.07) is 11.0. The third-order valence-corrected chi connectivity index (χ3v) is 4.48. The van der Waals surface area contributed by atoms with E-state index in [1.807, 2.05) is 0 Å². The average Bonchev–Trinajstić information content (AvgIpc) is 2.55. The van der Waals surface area contributed by atoms with Crippen LogP contribution in [0.25, 0.3) is 10.9 Å². The molecule has 112 valence electrons. The molecule has 2 nitrogen and oxygen atoms in total. The number of hydrogen-bond donors (Lipinski definition) is 0. The number of hydrogen-bond acceptors (Lipinski definition) is 2. The normalized spacial score (nSPS) is 15.6. The number of aryl methyl sites for hydroxylation is 1. The maximum Gasteiger partial charge on any atom is 0.0726 e. The molecule has 1 aromatic heterocycles. The smallest absolute Gasteiger partial charge is 0.0726 e. The highest BCUT2D eigenvalue weighted by Crippen LogP contribution is 2.29. The lowest BCUT2D eigenvalue weighted by molar-refractivity contribution is 0.578. The highest BCUT2D eigenvalue weighted by atomic mass is 15.1. The van der Waals surface area contributed by atoms with E-state index in [1.165, 1.54) is 68.4 Å². The maximum atomic E-state index is 4.88. The minimum atomic E-state index is 1.11. The summed E-state index contributed by atoms with van der Waals surface area (Å²) < 4.78 is 0. The molecule has 0 atom stereocenters. The second-order valence-electron chi connectivity index (χ2n) is 6.15. The van der Waals surface area contributed by atoms with E-state index in [0.717, 1.165) is 11.9 Å². The van der Waals surface area contributed by atoms with Crippen molar-refractivity contribution in [1.82, 2.24) is 4.98 Å². The molecule has 0 spiro atoms. The zero-order valence-electron chi connectivity index (χ0n) is 13.1. The summed E-state index contributed by atoms with van der Waals surface area (Å²) in [6.45, 7) is 4.65. The molecule has 0 saturated carbocycles. The second kappa shape index (κ2) is 6.93. The number of fused-ring (bicyclic) bond motifs is 1. The fourth-order valence-electron chi connectivity index (χ4n) is 3.29. The van der Waals surface area contributed by atoms with Gasteiger partial charge >= 0.3 is 0 Å². The van der Waals surface area contributed by atoms with Crippen LogP contribution >= 0.6 is 0 Å². The van der Waals surface area contributed by atoms with Gasteiger partial charge in [0.05, 0.1) is 5.52 Å². The van der Waals surface area contributed by atoms with E-state index in [9.17, 15) is 0 Å². The SMILES string of the molecule is CCCCCc1cc(N2CCCCC2)c2ccccc2n1. The summed E-state index contributed by atoms with van der Waals surface area (Å²) in [5.74, 6) is 0. The van der Waals surface area contributed by atoms with Gasteiger partial charge < -0.3 is 4.90 Å². The molecule has 21 heavy (non-hydrogen) atoms. The number of benzene rings is 1. The van der Waals surface area contributed by atoms with E-state index in [-0.39, 0.29) is 0 Å². The molecule has 1 aliphatic rings. The van der Waals surface area contributed by atoms with E-state index in [1.54, 1.807) is 0 Å². The standard InChI is InChI=1S/C19H26N2/c1-2-3-5-10-16-15-19(21-13-8-4-9-14-21)17-11-6-7-12-18(17)20-16/h6-7,11-12,15H,2-5,8-10,13-14H2,1H3. The van der Waals surface area contributed by atoms with Crippen molar-refractivity contribution in [3.8, 4) is 0 Å². The number of piperidine rings is 1. The van der Waals surface area contributed by atoms with Crippen molar-refractivity contribution in [3.05, 3.63) is 36.0 Å². The summed E-state index contributed by atoms with van der Waals surface area (Å²) in [7, 11) is 0. The first-order valence-corrected chi connectivity index (χ1v) is 8.52. The molecule has 1 fully saturated rings. The molecule has 0 amide bonds. The minimum Gasteiger partial charge on any atom is -0.371 e. The van der Waals surface area contributed by atoms with Gasteiger partial charge in [-0.1, -0.05) is 38.0 Å². The first-order valence-electron chi connectivity index (χ1n) is 8.52. The first kappa shape index (κ1) is 14.4. The summed E-state index contributed by atoms with van der Waals surface area (Å²) in [6.07, 6.45) is 8.95. The third kappa shape index (κ3) is 3.37. The van der Waals surface area contributed by atoms with E-state index >= 15 is 0 Å². The highest BCUT2D eigenvalue weighted by Gasteiger charge is 2.15. The third-order valence-electron chi connectivity index (χ3n) is 4.48. The van der Waals surface area contributed by atoms with Gasteiger partial charge in [-0.3, -0.25) is 4.98 Å². The highest BCUT2D eigenvalue weighted by molar-refractivity contribution is 5.92. The number of pyridine rings is 1. The number of nitrogens with zero attached hydrogens (tertiary/aromatic N) is 2. The Labute approximate surface area is 128 Å². The Morgan fingerprint density at radius 3 is 2.67 bits per heavy atom. The topological polar surface area (TPSA) is 16.1 Å². The molecule has 0 unspecified atom stereocenters. The maximum absolute atomic E-state index is 4.88. The summed E-state index contributed by atoms with van der Waals surface area (Å²) in [5.41, 5.74) is 3.83. The Hall–Kier alpha value is -1.57. The Morgan fingerprint density at radius 1 is 1.05 bits per heavy atom. The molecule has 2 aromatic rings. The van der Waals surface area contributed by atoms with Crippen molar-refractivity contribution in [2.45, 2.75) is 51.9 Å². The molecular weight excluding hydrogens is 256 g/mol. The molecule has 2 heteroatoms. The predicted octanol–water partition coefficient (Wildman–Crippen LogP) is 4.96. The van der Waals surface area contributed by atoms with Gasteiger partial charge in [0, 0.05) is 29.9 Å². The van der Waals surface area contributed by atoms with Crippen molar-refractivity contribution in [3.63, 3.8) is 0 Å². The quantitative estimate of drug-likeness (QED) is 0.721. The van der Waals surface area contributed by atoms with Crippen LogP contribution in [-0.4, -0.2) is 18.1 Å². The number of anilines is 1. The Morgan fingerprint density at radius 2 is 1.86 bits per heavy atom. The first-order chi connectivity index (χ1) is 10.4. The van der Waals surface area contributed by atoms with Gasteiger partial charge in [0.25, 0.3) is 0 Å². The van der Waals surface area contributed by atoms with Gasteiger partial charge in [-0.2, -0.15) is 0 Å². The lowest BCUT2D eigenvalue weighted by atomic mass is 10.1. The zero-order chi connectivity index (χ0) is 14.5. The molecule has 2 heterocycles. The molecule has 0 N–H and O–H groups in total. The lowest BCUT2D eigenvalue weighted by Crippen LogP contribution is -2.29. The monoisotopic (exact) mass is 282 g/mol. The van der Waals surface area contributed by atoms with Crippen LogP contribution in [0.15, 0.2) is 30.3 Å². The van der Waals surface area contributed by atoms with E-state index in [4.69, 9.17) is 4.98 Å². The predicted molar refractivity (Wildman–Crippen MR) is 91.0 cm³/mol. The molecule has 1 aromatic carbocycles. The molecule has 0 bridgehead atoms. The van der Waals surface area contributed by atoms with E-state index in [2.05, 4.69) is 42.2 Å². The van der Waals surface area contributed by atoms with Crippen LogP contribution in [0.2, 0.25) is 0 Å². The van der Waals surface area contributed by atoms with E-state index in [0.29, 0.717) is 0 Å². The van der Waals surface area contributed by atoms with Crippen LogP contribution in [0, 0.1) is 0 Å². The fraction of sp³-hybridized carbons (Fsp3) is 0.526. The van der Waals surface area contributed by atoms with Gasteiger partial charge in [0.1, 0.15) is 0 Å². The van der Waals surface area contributed by atoms with Crippen LogP contribution in [0.1, 0.15) is 51.1 Å². The van der Waals surface area contributed by atoms with Crippen LogP contribution in [-0.2, 0) is 6.42 Å². The fourth-order valence-corrected chi connectivity index (χ4v) is 3.29. The Kier molecular flexibility index (Phi) is 4.74. The Balaban J connectivity index is 1.94. The number of para-hydroxylation sites is 1. The van der Waals surface area contributed by atoms with Crippen LogP contribution in [0.5, 0.6) is 0 Å². The average molecular weight is 282 g/mol. The second-order valence-corrected chi connectivity index (χ2v) is 6.15. The summed E-state index contributed by atoms with van der Waals surface area (Å²) >= 11 is 0. The van der Waals surface area contributed by atoms with Crippen LogP contribution in [0.3, 0.4) is 0 Å². The number of rotatable bonds is 5. The summed E-state index contributed by atoms with van der Waals surface area (Å²) in [5, 5.41) is 1.32. The molecule has 3 rings (SSSR count). The van der Waals surface area contributed by atoms with Gasteiger partial charge in [0.2, 0.25) is 0 Å². The van der Waals surface area contributed by atoms with Crippen molar-refractivity contribution >= 4 is 16.6 Å². The molecule has 0 aliphatic carbocycles. The number of unbranched alkanes of at least 4 members (excludes halogenated alkanes) is 2. The largest absolute Gasteiger partial charge is 0.371 e. The van der Waals surface area contributed by atoms with Crippen molar-refractivity contribution in [2.75, 3.05) is 18.0 Å². The van der Waals surface area contributed by atoms with Gasteiger partial charge in [-0.15, -0.1) is 0 Å². The van der Waals surface area contributed by atoms with Crippen LogP contribution < -0.4 is 4.90 Å². The van der Waals surface area contributed by atoms with E-state index < -0.39 is 0 Å².